The Morgan fingerprint density at radius 2 is 2.00 bits per heavy atom. The van der Waals surface area contributed by atoms with Crippen molar-refractivity contribution in [2.75, 3.05) is 5.75 Å². The Balaban J connectivity index is 1.60. The van der Waals surface area contributed by atoms with Crippen molar-refractivity contribution in [3.8, 4) is 11.3 Å². The Labute approximate surface area is 202 Å². The van der Waals surface area contributed by atoms with Gasteiger partial charge in [-0.25, -0.2) is 14.4 Å². The molecule has 0 radical (unpaired) electrons. The number of fused-ring (bicyclic) bond motifs is 2. The molecule has 1 amide bonds. The van der Waals surface area contributed by atoms with Gasteiger partial charge < -0.3 is 4.42 Å². The van der Waals surface area contributed by atoms with Crippen molar-refractivity contribution < 1.29 is 13.6 Å². The van der Waals surface area contributed by atoms with Crippen LogP contribution in [0.5, 0.6) is 0 Å². The fraction of sp³-hybridized carbons (Fsp3) is 0.208. The first kappa shape index (κ1) is 21.9. The second kappa shape index (κ2) is 9.15. The Hall–Kier alpha value is -2.91. The first-order chi connectivity index (χ1) is 16.0. The molecule has 5 rings (SSSR count). The minimum absolute atomic E-state index is 0.228. The second-order valence-corrected chi connectivity index (χ2v) is 9.63. The summed E-state index contributed by atoms with van der Waals surface area (Å²) in [6, 6.07) is 15.4. The maximum absolute atomic E-state index is 13.3. The number of furan rings is 1. The van der Waals surface area contributed by atoms with E-state index >= 15 is 0 Å². The molecule has 1 atom stereocenters. The normalized spacial score (nSPS) is 17.1. The summed E-state index contributed by atoms with van der Waals surface area (Å²) < 4.78 is 20.3. The van der Waals surface area contributed by atoms with Crippen LogP contribution < -0.4 is 15.9 Å². The van der Waals surface area contributed by atoms with Gasteiger partial charge in [0.25, 0.3) is 5.91 Å². The van der Waals surface area contributed by atoms with E-state index in [2.05, 4.69) is 28.2 Å². The zero-order valence-corrected chi connectivity index (χ0v) is 20.1. The van der Waals surface area contributed by atoms with Gasteiger partial charge >= 0.3 is 0 Å². The maximum Gasteiger partial charge on any atom is 0.276 e. The standard InChI is InChI=1S/C24H20BrFN4O2S/c1-2-3-12-33-24-28-23(31)21-17-13-15(25)6-9-18(17)27-22(30(21)29-24)20-11-10-19(32-20)14-4-7-16(26)8-5-14/h4-11,13,22H,2-3,12H2,1H3,(H,28,29,31)/t22-/m0/s1. The molecule has 3 heterocycles. The number of nitrogens with one attached hydrogen (secondary N) is 1. The van der Waals surface area contributed by atoms with Gasteiger partial charge in [0.1, 0.15) is 17.3 Å². The monoisotopic (exact) mass is 526 g/mol. The van der Waals surface area contributed by atoms with E-state index in [0.29, 0.717) is 33.0 Å². The summed E-state index contributed by atoms with van der Waals surface area (Å²) in [5.41, 5.74) is 1.17. The number of carbonyl (C=O) groups excluding carboxylic acids is 1. The third-order valence-corrected chi connectivity index (χ3v) is 6.76. The molecule has 6 nitrogen and oxygen atoms in total. The van der Waals surface area contributed by atoms with Gasteiger partial charge in [0.05, 0.1) is 5.36 Å². The van der Waals surface area contributed by atoms with Gasteiger partial charge in [-0.15, -0.1) is 5.10 Å². The first-order valence-corrected chi connectivity index (χ1v) is 12.4. The van der Waals surface area contributed by atoms with Crippen molar-refractivity contribution in [3.05, 3.63) is 81.2 Å². The lowest BCUT2D eigenvalue weighted by Crippen LogP contribution is -2.50. The maximum atomic E-state index is 13.3. The summed E-state index contributed by atoms with van der Waals surface area (Å²) in [6.07, 6.45) is 1.45. The van der Waals surface area contributed by atoms with Crippen molar-refractivity contribution >= 4 is 44.5 Å². The van der Waals surface area contributed by atoms with Crippen LogP contribution >= 0.6 is 27.7 Å². The number of hydrogen-bond donors (Lipinski definition) is 1. The molecule has 1 aromatic heterocycles. The average molecular weight is 527 g/mol. The van der Waals surface area contributed by atoms with Crippen LogP contribution in [-0.2, 0) is 4.79 Å². The van der Waals surface area contributed by atoms with Crippen molar-refractivity contribution in [2.45, 2.75) is 25.9 Å². The Bertz CT molecular complexity index is 1370. The van der Waals surface area contributed by atoms with Crippen LogP contribution in [0.25, 0.3) is 17.0 Å². The lowest BCUT2D eigenvalue weighted by atomic mass is 10.1. The van der Waals surface area contributed by atoms with Crippen molar-refractivity contribution in [1.29, 1.82) is 0 Å². The van der Waals surface area contributed by atoms with E-state index in [0.717, 1.165) is 28.6 Å². The number of hydrogen-bond acceptors (Lipinski definition) is 6. The van der Waals surface area contributed by atoms with Crippen LogP contribution in [0.3, 0.4) is 0 Å². The molecule has 9 heteroatoms. The van der Waals surface area contributed by atoms with Gasteiger partial charge in [-0.1, -0.05) is 41.0 Å². The van der Waals surface area contributed by atoms with Gasteiger partial charge in [0.2, 0.25) is 6.17 Å². The number of carbonyl (C=O) groups is 1. The summed E-state index contributed by atoms with van der Waals surface area (Å²) in [7, 11) is 0. The number of unbranched alkanes of at least 4 members (excludes halogenated alkanes) is 1. The molecule has 0 unspecified atom stereocenters. The molecule has 0 fully saturated rings. The molecule has 0 saturated heterocycles. The van der Waals surface area contributed by atoms with Crippen LogP contribution in [0, 0.1) is 5.82 Å². The van der Waals surface area contributed by atoms with Crippen molar-refractivity contribution in [3.63, 3.8) is 0 Å². The highest BCUT2D eigenvalue weighted by Gasteiger charge is 2.36. The molecule has 168 valence electrons. The highest BCUT2D eigenvalue weighted by atomic mass is 79.9. The molecule has 0 bridgehead atoms. The minimum Gasteiger partial charge on any atom is -0.457 e. The largest absolute Gasteiger partial charge is 0.457 e. The molecule has 2 aromatic carbocycles. The fourth-order valence-electron chi connectivity index (χ4n) is 3.68. The van der Waals surface area contributed by atoms with Gasteiger partial charge in [0.15, 0.2) is 10.9 Å². The molecule has 33 heavy (non-hydrogen) atoms. The number of amidine groups is 1. The van der Waals surface area contributed by atoms with E-state index in [4.69, 9.17) is 14.5 Å². The van der Waals surface area contributed by atoms with E-state index in [-0.39, 0.29) is 11.7 Å². The van der Waals surface area contributed by atoms with Gasteiger partial charge in [0, 0.05) is 21.0 Å². The Kier molecular flexibility index (Phi) is 6.07. The predicted molar refractivity (Wildman–Crippen MR) is 130 cm³/mol. The van der Waals surface area contributed by atoms with E-state index < -0.39 is 6.17 Å². The zero-order chi connectivity index (χ0) is 22.9. The fourth-order valence-corrected chi connectivity index (χ4v) is 4.97. The number of nitrogens with zero attached hydrogens (tertiary/aromatic N) is 3. The number of hydrazone groups is 1. The van der Waals surface area contributed by atoms with Gasteiger partial charge in [-0.3, -0.25) is 10.1 Å². The minimum atomic E-state index is -0.643. The lowest BCUT2D eigenvalue weighted by Gasteiger charge is -2.32. The van der Waals surface area contributed by atoms with Crippen molar-refractivity contribution in [1.82, 2.24) is 10.3 Å². The van der Waals surface area contributed by atoms with E-state index in [1.165, 1.54) is 23.9 Å². The zero-order valence-electron chi connectivity index (χ0n) is 17.7. The van der Waals surface area contributed by atoms with Crippen LogP contribution in [-0.4, -0.2) is 21.8 Å². The first-order valence-electron chi connectivity index (χ1n) is 10.6. The van der Waals surface area contributed by atoms with E-state index in [9.17, 15) is 9.18 Å². The Morgan fingerprint density at radius 1 is 1.18 bits per heavy atom. The van der Waals surface area contributed by atoms with Crippen LogP contribution in [0.15, 0.2) is 73.6 Å². The molecule has 0 aliphatic carbocycles. The molecule has 2 aliphatic heterocycles. The summed E-state index contributed by atoms with van der Waals surface area (Å²) in [5, 5.41) is 11.2. The third kappa shape index (κ3) is 4.35. The van der Waals surface area contributed by atoms with Gasteiger partial charge in [-0.05, 0) is 61.0 Å². The molecule has 3 aromatic rings. The molecular weight excluding hydrogens is 507 g/mol. The number of thioether (sulfide) groups is 1. The van der Waals surface area contributed by atoms with E-state index in [1.54, 1.807) is 17.1 Å². The van der Waals surface area contributed by atoms with E-state index in [1.807, 2.05) is 30.3 Å². The SMILES string of the molecule is CCCCSC1=NN2C(=c3cc(Br)ccc3=N[C@@H]2c2ccc(-c3ccc(F)cc3)o2)C(=O)N1. The number of halogens is 2. The third-order valence-electron chi connectivity index (χ3n) is 5.32. The highest BCUT2D eigenvalue weighted by Crippen LogP contribution is 2.34. The second-order valence-electron chi connectivity index (χ2n) is 7.63. The number of rotatable bonds is 5. The van der Waals surface area contributed by atoms with Crippen molar-refractivity contribution in [2.24, 2.45) is 10.1 Å². The summed E-state index contributed by atoms with van der Waals surface area (Å²) in [6.45, 7) is 2.12. The molecule has 0 saturated carbocycles. The van der Waals surface area contributed by atoms with Crippen LogP contribution in [0.1, 0.15) is 31.7 Å². The van der Waals surface area contributed by atoms with Crippen LogP contribution in [0.2, 0.25) is 0 Å². The summed E-state index contributed by atoms with van der Waals surface area (Å²) in [4.78, 5) is 18.0. The quantitative estimate of drug-likeness (QED) is 0.496. The van der Waals surface area contributed by atoms with Gasteiger partial charge in [-0.2, -0.15) is 0 Å². The highest BCUT2D eigenvalue weighted by molar-refractivity contribution is 9.10. The lowest BCUT2D eigenvalue weighted by molar-refractivity contribution is -0.116. The molecule has 1 N–H and O–H groups in total. The smallest absolute Gasteiger partial charge is 0.276 e. The summed E-state index contributed by atoms with van der Waals surface area (Å²) >= 11 is 5.00. The summed E-state index contributed by atoms with van der Waals surface area (Å²) in [5.74, 6) is 1.45. The van der Waals surface area contributed by atoms with Crippen LogP contribution in [0.4, 0.5) is 4.39 Å². The molecule has 2 aliphatic rings. The number of benzene rings is 2. The topological polar surface area (TPSA) is 70.2 Å². The number of amides is 1. The molecular formula is C24H20BrFN4O2S. The molecule has 0 spiro atoms. The Morgan fingerprint density at radius 3 is 2.79 bits per heavy atom. The predicted octanol–water partition coefficient (Wildman–Crippen LogP) is 4.52. The average Bonchev–Trinajstić information content (AvgIpc) is 3.29.